The van der Waals surface area contributed by atoms with E-state index in [0.29, 0.717) is 38.0 Å². The SMILES string of the molecule is Cl.Cl.Nc1ccc(N2CC[C@H](O)[C@H]2CO)cc1.O=C(O)[C@@H]1[C@@H](O)CCN1c1ccc([N+](=O)[O-])cc1.O=[N+]([O-])c1ccc(N2CC[C@H](O)[C@H]2CO)cc1. The molecule has 0 aliphatic carbocycles. The summed E-state index contributed by atoms with van der Waals surface area (Å²) in [5, 5.41) is 77.4. The van der Waals surface area contributed by atoms with Crippen molar-refractivity contribution in [2.45, 2.75) is 55.7 Å². The van der Waals surface area contributed by atoms with Gasteiger partial charge in [0.05, 0.1) is 53.5 Å². The number of hydrogen-bond acceptors (Lipinski definition) is 14. The van der Waals surface area contributed by atoms with Crippen LogP contribution in [-0.4, -0.2) is 116 Å². The zero-order valence-corrected chi connectivity index (χ0v) is 29.5. The first-order valence-electron chi connectivity index (χ1n) is 16.0. The lowest BCUT2D eigenvalue weighted by Gasteiger charge is -2.26. The molecule has 6 rings (SSSR count). The number of non-ortho nitro benzene ring substituents is 2. The third-order valence-corrected chi connectivity index (χ3v) is 9.02. The lowest BCUT2D eigenvalue weighted by molar-refractivity contribution is -0.385. The summed E-state index contributed by atoms with van der Waals surface area (Å²) in [7, 11) is 0. The molecule has 3 aromatic carbocycles. The van der Waals surface area contributed by atoms with E-state index in [1.54, 1.807) is 12.1 Å². The predicted molar refractivity (Wildman–Crippen MR) is 199 cm³/mol. The second-order valence-corrected chi connectivity index (χ2v) is 12.1. The lowest BCUT2D eigenvalue weighted by Crippen LogP contribution is -2.41. The molecule has 3 aromatic rings. The molecule has 286 valence electrons. The fourth-order valence-corrected chi connectivity index (χ4v) is 6.32. The average Bonchev–Trinajstić information content (AvgIpc) is 3.81. The Kier molecular flexibility index (Phi) is 16.7. The molecule has 0 radical (unpaired) electrons. The molecular formula is C33H44Cl2N6O11. The van der Waals surface area contributed by atoms with E-state index in [4.69, 9.17) is 10.8 Å². The van der Waals surface area contributed by atoms with Gasteiger partial charge in [-0.15, -0.1) is 24.8 Å². The smallest absolute Gasteiger partial charge is 0.329 e. The van der Waals surface area contributed by atoms with Crippen molar-refractivity contribution in [3.8, 4) is 0 Å². The van der Waals surface area contributed by atoms with Crippen molar-refractivity contribution < 1.29 is 45.3 Å². The number of benzene rings is 3. The van der Waals surface area contributed by atoms with E-state index >= 15 is 0 Å². The largest absolute Gasteiger partial charge is 0.480 e. The van der Waals surface area contributed by atoms with E-state index in [1.807, 2.05) is 34.1 Å². The van der Waals surface area contributed by atoms with Gasteiger partial charge >= 0.3 is 5.97 Å². The number of aliphatic carboxylic acids is 1. The summed E-state index contributed by atoms with van der Waals surface area (Å²) in [6.45, 7) is 1.68. The predicted octanol–water partition coefficient (Wildman–Crippen LogP) is 2.19. The number of aliphatic hydroxyl groups excluding tert-OH is 5. The molecule has 3 aliphatic heterocycles. The monoisotopic (exact) mass is 770 g/mol. The van der Waals surface area contributed by atoms with E-state index in [9.17, 15) is 50.6 Å². The number of aliphatic hydroxyl groups is 5. The summed E-state index contributed by atoms with van der Waals surface area (Å²) < 4.78 is 0. The first kappa shape index (κ1) is 43.7. The summed E-state index contributed by atoms with van der Waals surface area (Å²) in [5.41, 5.74) is 8.65. The highest BCUT2D eigenvalue weighted by atomic mass is 35.5. The third kappa shape index (κ3) is 10.5. The van der Waals surface area contributed by atoms with Crippen LogP contribution in [0, 0.1) is 20.2 Å². The van der Waals surface area contributed by atoms with Gasteiger partial charge in [0.25, 0.3) is 11.4 Å². The third-order valence-electron chi connectivity index (χ3n) is 9.02. The molecule has 0 aromatic heterocycles. The fraction of sp³-hybridized carbons (Fsp3) is 0.424. The van der Waals surface area contributed by atoms with Gasteiger partial charge in [-0.3, -0.25) is 20.2 Å². The number of hydrogen-bond donors (Lipinski definition) is 7. The van der Waals surface area contributed by atoms with Crippen molar-refractivity contribution >= 4 is 64.9 Å². The molecule has 0 spiro atoms. The topological polar surface area (TPSA) is 260 Å². The van der Waals surface area contributed by atoms with Crippen LogP contribution < -0.4 is 20.4 Å². The summed E-state index contributed by atoms with van der Waals surface area (Å²) in [6, 6.07) is 17.7. The van der Waals surface area contributed by atoms with Crippen molar-refractivity contribution in [3.63, 3.8) is 0 Å². The number of carboxylic acid groups (broad SMARTS) is 1. The van der Waals surface area contributed by atoms with E-state index in [0.717, 1.165) is 23.6 Å². The first-order chi connectivity index (χ1) is 23.9. The summed E-state index contributed by atoms with van der Waals surface area (Å²) in [6.07, 6.45) is -0.230. The van der Waals surface area contributed by atoms with E-state index in [2.05, 4.69) is 0 Å². The van der Waals surface area contributed by atoms with Gasteiger partial charge in [0.15, 0.2) is 6.04 Å². The molecule has 3 saturated heterocycles. The zero-order chi connectivity index (χ0) is 36.5. The molecule has 6 atom stereocenters. The number of carboxylic acids is 1. The number of anilines is 4. The second kappa shape index (κ2) is 19.9. The Morgan fingerprint density at radius 1 is 0.635 bits per heavy atom. The number of halogens is 2. The molecular weight excluding hydrogens is 727 g/mol. The molecule has 0 amide bonds. The number of nitro groups is 2. The lowest BCUT2D eigenvalue weighted by atomic mass is 10.1. The number of rotatable bonds is 8. The van der Waals surface area contributed by atoms with E-state index in [-0.39, 0.29) is 61.5 Å². The number of nitrogens with zero attached hydrogens (tertiary/aromatic N) is 5. The normalized spacial score (nSPS) is 23.3. The minimum atomic E-state index is -1.10. The Hall–Kier alpha value is -4.49. The maximum atomic E-state index is 11.1. The first-order valence-corrected chi connectivity index (χ1v) is 16.0. The van der Waals surface area contributed by atoms with Crippen LogP contribution in [0.25, 0.3) is 0 Å². The van der Waals surface area contributed by atoms with Crippen LogP contribution in [0.1, 0.15) is 19.3 Å². The zero-order valence-electron chi connectivity index (χ0n) is 27.9. The highest BCUT2D eigenvalue weighted by Gasteiger charge is 2.38. The molecule has 3 heterocycles. The van der Waals surface area contributed by atoms with Gasteiger partial charge in [-0.2, -0.15) is 0 Å². The molecule has 3 aliphatic rings. The Morgan fingerprint density at radius 3 is 1.31 bits per heavy atom. The van der Waals surface area contributed by atoms with Crippen molar-refractivity contribution in [3.05, 3.63) is 93.0 Å². The van der Waals surface area contributed by atoms with E-state index in [1.165, 1.54) is 41.3 Å². The van der Waals surface area contributed by atoms with E-state index < -0.39 is 40.2 Å². The van der Waals surface area contributed by atoms with Gasteiger partial charge in [0, 0.05) is 66.6 Å². The standard InChI is InChI=1S/C11H12N2O5.C11H14N2O4.C11H16N2O2.2ClH/c14-9-5-6-12(10(9)11(15)16)7-1-3-8(4-2-7)13(17)18;14-7-10-11(15)5-6-12(10)8-1-3-9(4-2-8)13(16)17;12-8-1-3-9(4-2-8)13-6-5-11(15)10(13)7-14;;/h1-4,9-10,14H,5-6H2,(H,15,16);1-4,10-11,14-15H,5-7H2;1-4,10-11,14-15H,5-7,12H2;2*1H/t9-,10-;2*10-,11+;;/m011../s1. The van der Waals surface area contributed by atoms with Crippen LogP contribution in [0.2, 0.25) is 0 Å². The van der Waals surface area contributed by atoms with Crippen LogP contribution in [0.5, 0.6) is 0 Å². The molecule has 3 fully saturated rings. The van der Waals surface area contributed by atoms with Gasteiger partial charge in [0.2, 0.25) is 0 Å². The molecule has 19 heteroatoms. The highest BCUT2D eigenvalue weighted by Crippen LogP contribution is 2.29. The summed E-state index contributed by atoms with van der Waals surface area (Å²) in [4.78, 5) is 36.6. The van der Waals surface area contributed by atoms with Gasteiger partial charge < -0.3 is 51.1 Å². The van der Waals surface area contributed by atoms with Gasteiger partial charge in [-0.25, -0.2) is 4.79 Å². The molecule has 17 nitrogen and oxygen atoms in total. The minimum absolute atomic E-state index is 0. The van der Waals surface area contributed by atoms with Crippen LogP contribution in [-0.2, 0) is 4.79 Å². The second-order valence-electron chi connectivity index (χ2n) is 12.1. The van der Waals surface area contributed by atoms with Gasteiger partial charge in [-0.1, -0.05) is 0 Å². The molecule has 0 saturated carbocycles. The average molecular weight is 772 g/mol. The maximum Gasteiger partial charge on any atom is 0.329 e. The van der Waals surface area contributed by atoms with Crippen LogP contribution in [0.15, 0.2) is 72.8 Å². The Bertz CT molecular complexity index is 1590. The molecule has 0 bridgehead atoms. The molecule has 52 heavy (non-hydrogen) atoms. The van der Waals surface area contributed by atoms with Crippen molar-refractivity contribution in [2.24, 2.45) is 0 Å². The van der Waals surface area contributed by atoms with Crippen LogP contribution in [0.3, 0.4) is 0 Å². The molecule has 8 N–H and O–H groups in total. The van der Waals surface area contributed by atoms with Crippen molar-refractivity contribution in [1.29, 1.82) is 0 Å². The van der Waals surface area contributed by atoms with Crippen LogP contribution >= 0.6 is 24.8 Å². The Morgan fingerprint density at radius 2 is 0.962 bits per heavy atom. The van der Waals surface area contributed by atoms with Crippen molar-refractivity contribution in [2.75, 3.05) is 53.3 Å². The van der Waals surface area contributed by atoms with Crippen LogP contribution in [0.4, 0.5) is 34.1 Å². The van der Waals surface area contributed by atoms with Gasteiger partial charge in [-0.05, 0) is 67.8 Å². The highest BCUT2D eigenvalue weighted by molar-refractivity contribution is 5.85. The summed E-state index contributed by atoms with van der Waals surface area (Å²) >= 11 is 0. The van der Waals surface area contributed by atoms with Crippen molar-refractivity contribution in [1.82, 2.24) is 0 Å². The number of nitro benzene ring substituents is 2. The Balaban J connectivity index is 0.000000266. The minimum Gasteiger partial charge on any atom is -0.480 e. The fourth-order valence-electron chi connectivity index (χ4n) is 6.32. The number of carbonyl (C=O) groups is 1. The summed E-state index contributed by atoms with van der Waals surface area (Å²) in [5.74, 6) is -1.10. The Labute approximate surface area is 311 Å². The number of nitrogen functional groups attached to an aromatic ring is 1. The van der Waals surface area contributed by atoms with Gasteiger partial charge in [0.1, 0.15) is 0 Å². The quantitative estimate of drug-likeness (QED) is 0.0984. The maximum absolute atomic E-state index is 11.1. The molecule has 0 unspecified atom stereocenters. The number of nitrogens with two attached hydrogens (primary N) is 1.